The van der Waals surface area contributed by atoms with E-state index < -0.39 is 24.0 Å². The van der Waals surface area contributed by atoms with Gasteiger partial charge in [0.05, 0.1) is 16.8 Å². The average molecular weight is 437 g/mol. The summed E-state index contributed by atoms with van der Waals surface area (Å²) in [7, 11) is 0. The Bertz CT molecular complexity index is 1080. The van der Waals surface area contributed by atoms with E-state index in [1.165, 1.54) is 6.07 Å². The number of aromatic carboxylic acids is 1. The Balaban J connectivity index is 2.34. The highest BCUT2D eigenvalue weighted by atomic mass is 35.5. The Labute approximate surface area is 164 Å². The van der Waals surface area contributed by atoms with Crippen LogP contribution in [0.3, 0.4) is 0 Å². The van der Waals surface area contributed by atoms with Gasteiger partial charge >= 0.3 is 12.1 Å². The molecule has 0 aliphatic heterocycles. The topological polar surface area (TPSA) is 79.5 Å². The second kappa shape index (κ2) is 7.10. The van der Waals surface area contributed by atoms with Crippen LogP contribution in [0, 0.1) is 5.82 Å². The van der Waals surface area contributed by atoms with Crippen LogP contribution < -0.4 is 5.32 Å². The minimum Gasteiger partial charge on any atom is -0.477 e. The molecule has 1 atom stereocenters. The molecule has 0 saturated heterocycles. The maximum absolute atomic E-state index is 13.4. The van der Waals surface area contributed by atoms with Gasteiger partial charge in [-0.05, 0) is 25.1 Å². The number of carbonyl (C=O) groups is 1. The average Bonchev–Trinajstić information content (AvgIpc) is 2.99. The number of fused-ring (bicyclic) bond motifs is 1. The molecule has 2 heterocycles. The summed E-state index contributed by atoms with van der Waals surface area (Å²) in [4.78, 5) is 15.3. The summed E-state index contributed by atoms with van der Waals surface area (Å²) >= 11 is 12.2. The monoisotopic (exact) mass is 436 g/mol. The van der Waals surface area contributed by atoms with Crippen LogP contribution in [-0.2, 0) is 0 Å². The Morgan fingerprint density at radius 1 is 1.32 bits per heavy atom. The van der Waals surface area contributed by atoms with Gasteiger partial charge in [-0.25, -0.2) is 14.2 Å². The predicted molar refractivity (Wildman–Crippen MR) is 94.5 cm³/mol. The Kier molecular flexibility index (Phi) is 5.11. The first kappa shape index (κ1) is 20.2. The van der Waals surface area contributed by atoms with Gasteiger partial charge in [0, 0.05) is 5.56 Å². The third-order valence-electron chi connectivity index (χ3n) is 3.88. The number of hydrogen-bond donors (Lipinski definition) is 2. The third-order valence-corrected chi connectivity index (χ3v) is 4.46. The van der Waals surface area contributed by atoms with Crippen molar-refractivity contribution in [2.45, 2.75) is 19.1 Å². The van der Waals surface area contributed by atoms with Crippen LogP contribution in [0.4, 0.5) is 23.4 Å². The van der Waals surface area contributed by atoms with Gasteiger partial charge in [-0.3, -0.25) is 0 Å². The van der Waals surface area contributed by atoms with E-state index in [9.17, 15) is 27.5 Å². The largest absolute Gasteiger partial charge is 0.477 e. The molecule has 12 heteroatoms. The first-order chi connectivity index (χ1) is 13.0. The molecule has 0 bridgehead atoms. The fourth-order valence-corrected chi connectivity index (χ4v) is 3.00. The maximum atomic E-state index is 13.4. The smallest absolute Gasteiger partial charge is 0.408 e. The molecular weight excluding hydrogens is 427 g/mol. The molecule has 2 N–H and O–H groups in total. The van der Waals surface area contributed by atoms with Gasteiger partial charge < -0.3 is 10.4 Å². The van der Waals surface area contributed by atoms with E-state index in [4.69, 9.17) is 23.2 Å². The molecule has 0 aliphatic rings. The minimum atomic E-state index is -4.63. The Morgan fingerprint density at radius 2 is 2.00 bits per heavy atom. The van der Waals surface area contributed by atoms with Gasteiger partial charge in [0.2, 0.25) is 0 Å². The van der Waals surface area contributed by atoms with Gasteiger partial charge in [-0.2, -0.15) is 22.8 Å². The molecule has 2 aromatic heterocycles. The Morgan fingerprint density at radius 3 is 2.57 bits per heavy atom. The number of anilines is 1. The number of rotatable bonds is 4. The molecule has 0 spiro atoms. The zero-order chi connectivity index (χ0) is 20.8. The van der Waals surface area contributed by atoms with E-state index >= 15 is 0 Å². The van der Waals surface area contributed by atoms with Crippen LogP contribution in [0.1, 0.15) is 17.3 Å². The number of carboxylic acids is 1. The van der Waals surface area contributed by atoms with Gasteiger partial charge in [0.1, 0.15) is 28.4 Å². The van der Waals surface area contributed by atoms with Crippen molar-refractivity contribution in [1.29, 1.82) is 0 Å². The van der Waals surface area contributed by atoms with E-state index in [1.54, 1.807) is 0 Å². The number of carboxylic acid groups (broad SMARTS) is 1. The molecule has 0 unspecified atom stereocenters. The number of aromatic nitrogens is 3. The van der Waals surface area contributed by atoms with Crippen LogP contribution in [0.15, 0.2) is 24.4 Å². The van der Waals surface area contributed by atoms with E-state index in [0.717, 1.165) is 29.8 Å². The van der Waals surface area contributed by atoms with E-state index in [1.807, 2.05) is 0 Å². The van der Waals surface area contributed by atoms with Crippen LogP contribution in [0.25, 0.3) is 16.8 Å². The molecule has 0 radical (unpaired) electrons. The fraction of sp³-hybridized carbons (Fsp3) is 0.188. The summed E-state index contributed by atoms with van der Waals surface area (Å²) in [5.41, 5.74) is -0.625. The van der Waals surface area contributed by atoms with Crippen molar-refractivity contribution in [1.82, 2.24) is 14.6 Å². The van der Waals surface area contributed by atoms with Crippen molar-refractivity contribution in [3.8, 4) is 11.1 Å². The molecule has 1 aromatic carbocycles. The van der Waals surface area contributed by atoms with E-state index in [0.29, 0.717) is 0 Å². The van der Waals surface area contributed by atoms with Gasteiger partial charge in [0.15, 0.2) is 5.65 Å². The molecule has 148 valence electrons. The first-order valence-electron chi connectivity index (χ1n) is 7.60. The number of hydrogen-bond acceptors (Lipinski definition) is 4. The second-order valence-electron chi connectivity index (χ2n) is 5.76. The lowest BCUT2D eigenvalue weighted by atomic mass is 10.1. The van der Waals surface area contributed by atoms with Gasteiger partial charge in [-0.1, -0.05) is 23.2 Å². The predicted octanol–water partition coefficient (Wildman–Crippen LogP) is 4.90. The molecule has 0 amide bonds. The van der Waals surface area contributed by atoms with Crippen molar-refractivity contribution >= 4 is 40.6 Å². The standard InChI is InChI=1S/C16H10Cl2F4N4O2/c1-6(16(20,21)22)24-14-11(8-3-2-7(19)4-10(8)17)12(18)25-13-9(15(27)28)5-23-26(13)14/h2-6,24H,1H3,(H,27,28)/t6-/m0/s1. The third kappa shape index (κ3) is 3.57. The molecule has 3 rings (SSSR count). The second-order valence-corrected chi connectivity index (χ2v) is 6.52. The summed E-state index contributed by atoms with van der Waals surface area (Å²) in [6.45, 7) is 0.859. The lowest BCUT2D eigenvalue weighted by molar-refractivity contribution is -0.138. The fourth-order valence-electron chi connectivity index (χ4n) is 2.47. The van der Waals surface area contributed by atoms with Gasteiger partial charge in [0.25, 0.3) is 0 Å². The van der Waals surface area contributed by atoms with Gasteiger partial charge in [-0.15, -0.1) is 0 Å². The highest BCUT2D eigenvalue weighted by Crippen LogP contribution is 2.40. The zero-order valence-electron chi connectivity index (χ0n) is 13.9. The molecular formula is C16H10Cl2F4N4O2. The van der Waals surface area contributed by atoms with Crippen molar-refractivity contribution in [2.24, 2.45) is 0 Å². The summed E-state index contributed by atoms with van der Waals surface area (Å²) < 4.78 is 53.7. The molecule has 0 saturated carbocycles. The molecule has 0 fully saturated rings. The van der Waals surface area contributed by atoms with Crippen LogP contribution in [-0.4, -0.2) is 37.9 Å². The van der Waals surface area contributed by atoms with E-state index in [-0.39, 0.29) is 38.3 Å². The summed E-state index contributed by atoms with van der Waals surface area (Å²) in [6.07, 6.45) is -3.70. The zero-order valence-corrected chi connectivity index (χ0v) is 15.4. The van der Waals surface area contributed by atoms with E-state index in [2.05, 4.69) is 15.4 Å². The molecule has 6 nitrogen and oxygen atoms in total. The van der Waals surface area contributed by atoms with Crippen molar-refractivity contribution in [3.63, 3.8) is 0 Å². The number of nitrogens with one attached hydrogen (secondary N) is 1. The lowest BCUT2D eigenvalue weighted by Gasteiger charge is -2.22. The molecule has 3 aromatic rings. The minimum absolute atomic E-state index is 0.0877. The highest BCUT2D eigenvalue weighted by Gasteiger charge is 2.37. The normalized spacial score (nSPS) is 13.0. The van der Waals surface area contributed by atoms with Crippen LogP contribution >= 0.6 is 23.2 Å². The van der Waals surface area contributed by atoms with Crippen LogP contribution in [0.5, 0.6) is 0 Å². The number of benzene rings is 1. The van der Waals surface area contributed by atoms with Crippen LogP contribution in [0.2, 0.25) is 10.2 Å². The quantitative estimate of drug-likeness (QED) is 0.448. The number of alkyl halides is 3. The first-order valence-corrected chi connectivity index (χ1v) is 8.35. The molecule has 0 aliphatic carbocycles. The SMILES string of the molecule is C[C@H](Nc1c(-c2ccc(F)cc2Cl)c(Cl)nc2c(C(=O)O)cnn12)C(F)(F)F. The van der Waals surface area contributed by atoms with Crippen molar-refractivity contribution in [3.05, 3.63) is 46.0 Å². The summed E-state index contributed by atoms with van der Waals surface area (Å²) in [5, 5.41) is 14.8. The number of halogens is 6. The Hall–Kier alpha value is -2.59. The van der Waals surface area contributed by atoms with Crippen molar-refractivity contribution in [2.75, 3.05) is 5.32 Å². The summed E-state index contributed by atoms with van der Waals surface area (Å²) in [5.74, 6) is -2.34. The summed E-state index contributed by atoms with van der Waals surface area (Å²) in [6, 6.07) is 1.17. The molecule has 28 heavy (non-hydrogen) atoms. The maximum Gasteiger partial charge on any atom is 0.408 e. The van der Waals surface area contributed by atoms with Crippen molar-refractivity contribution < 1.29 is 27.5 Å². The lowest BCUT2D eigenvalue weighted by Crippen LogP contribution is -2.34. The number of nitrogens with zero attached hydrogens (tertiary/aromatic N) is 3. The highest BCUT2D eigenvalue weighted by molar-refractivity contribution is 6.36.